The molecule has 0 saturated heterocycles. The van der Waals surface area contributed by atoms with Gasteiger partial charge in [-0.3, -0.25) is 4.79 Å². The van der Waals surface area contributed by atoms with Crippen molar-refractivity contribution in [3.05, 3.63) is 23.3 Å². The molecule has 0 unspecified atom stereocenters. The van der Waals surface area contributed by atoms with Crippen molar-refractivity contribution < 1.29 is 4.79 Å². The van der Waals surface area contributed by atoms with Crippen LogP contribution in [-0.2, 0) is 5.41 Å². The highest BCUT2D eigenvalue weighted by molar-refractivity contribution is 7.80. The molecule has 0 aliphatic rings. The van der Waals surface area contributed by atoms with E-state index >= 15 is 0 Å². The molecule has 2 heterocycles. The Hall–Kier alpha value is -1.63. The second kappa shape index (κ2) is 5.40. The van der Waals surface area contributed by atoms with Gasteiger partial charge in [-0.2, -0.15) is 22.7 Å². The number of fused-ring (bicyclic) bond motifs is 1. The SMILES string of the molecule is Cc1nc2nc(C(=O)NCCS)cc(C(C)(C)C)n2n1. The molecule has 0 spiro atoms. The molecule has 0 aliphatic heterocycles. The summed E-state index contributed by atoms with van der Waals surface area (Å²) in [5.41, 5.74) is 1.09. The Morgan fingerprint density at radius 3 is 2.70 bits per heavy atom. The van der Waals surface area contributed by atoms with Crippen LogP contribution in [0.4, 0.5) is 0 Å². The molecule has 1 N–H and O–H groups in total. The van der Waals surface area contributed by atoms with Gasteiger partial charge in [0.15, 0.2) is 0 Å². The topological polar surface area (TPSA) is 72.2 Å². The maximum atomic E-state index is 12.1. The average molecular weight is 293 g/mol. The lowest BCUT2D eigenvalue weighted by Gasteiger charge is -2.20. The maximum absolute atomic E-state index is 12.1. The number of rotatable bonds is 3. The zero-order valence-electron chi connectivity index (χ0n) is 12.1. The number of nitrogens with zero attached hydrogens (tertiary/aromatic N) is 4. The van der Waals surface area contributed by atoms with Crippen molar-refractivity contribution in [2.24, 2.45) is 0 Å². The van der Waals surface area contributed by atoms with Crippen LogP contribution in [0, 0.1) is 6.92 Å². The van der Waals surface area contributed by atoms with E-state index in [1.165, 1.54) is 0 Å². The number of aryl methyl sites for hydroxylation is 1. The van der Waals surface area contributed by atoms with Crippen LogP contribution in [0.3, 0.4) is 0 Å². The van der Waals surface area contributed by atoms with Crippen molar-refractivity contribution in [3.8, 4) is 0 Å². The predicted octanol–water partition coefficient (Wildman–Crippen LogP) is 1.39. The Morgan fingerprint density at radius 1 is 1.40 bits per heavy atom. The van der Waals surface area contributed by atoms with Gasteiger partial charge in [0.2, 0.25) is 0 Å². The quantitative estimate of drug-likeness (QED) is 0.839. The first-order valence-electron chi connectivity index (χ1n) is 6.47. The summed E-state index contributed by atoms with van der Waals surface area (Å²) in [6.45, 7) is 8.50. The zero-order valence-corrected chi connectivity index (χ0v) is 13.0. The van der Waals surface area contributed by atoms with Gasteiger partial charge in [-0.15, -0.1) is 0 Å². The number of amides is 1. The third-order valence-electron chi connectivity index (χ3n) is 2.82. The van der Waals surface area contributed by atoms with Crippen molar-refractivity contribution in [3.63, 3.8) is 0 Å². The Kier molecular flexibility index (Phi) is 3.99. The molecule has 0 aromatic carbocycles. The summed E-state index contributed by atoms with van der Waals surface area (Å²) in [5, 5.41) is 7.10. The number of nitrogens with one attached hydrogen (secondary N) is 1. The van der Waals surface area contributed by atoms with E-state index in [4.69, 9.17) is 0 Å². The summed E-state index contributed by atoms with van der Waals surface area (Å²) in [5.74, 6) is 1.46. The summed E-state index contributed by atoms with van der Waals surface area (Å²) in [6.07, 6.45) is 0. The monoisotopic (exact) mass is 293 g/mol. The van der Waals surface area contributed by atoms with Gasteiger partial charge < -0.3 is 5.32 Å². The molecule has 0 radical (unpaired) electrons. The van der Waals surface area contributed by atoms with Gasteiger partial charge in [0.25, 0.3) is 11.7 Å². The summed E-state index contributed by atoms with van der Waals surface area (Å²) in [7, 11) is 0. The second-order valence-corrected chi connectivity index (χ2v) is 6.07. The van der Waals surface area contributed by atoms with E-state index in [1.807, 2.05) is 6.92 Å². The maximum Gasteiger partial charge on any atom is 0.270 e. The largest absolute Gasteiger partial charge is 0.350 e. The van der Waals surface area contributed by atoms with E-state index in [9.17, 15) is 4.79 Å². The Bertz CT molecular complexity index is 644. The van der Waals surface area contributed by atoms with Crippen LogP contribution in [0.1, 0.15) is 42.8 Å². The van der Waals surface area contributed by atoms with Gasteiger partial charge in [-0.25, -0.2) is 9.50 Å². The van der Waals surface area contributed by atoms with E-state index in [-0.39, 0.29) is 11.3 Å². The molecule has 0 atom stereocenters. The lowest BCUT2D eigenvalue weighted by atomic mass is 9.91. The molecule has 1 amide bonds. The van der Waals surface area contributed by atoms with Crippen LogP contribution >= 0.6 is 12.6 Å². The van der Waals surface area contributed by atoms with E-state index in [2.05, 4.69) is 53.8 Å². The molecule has 2 rings (SSSR count). The molecular formula is C13H19N5OS. The normalized spacial score (nSPS) is 11.8. The Labute approximate surface area is 123 Å². The molecule has 20 heavy (non-hydrogen) atoms. The van der Waals surface area contributed by atoms with Gasteiger partial charge in [-0.1, -0.05) is 20.8 Å². The van der Waals surface area contributed by atoms with Gasteiger partial charge in [0.1, 0.15) is 11.5 Å². The number of carbonyl (C=O) groups is 1. The van der Waals surface area contributed by atoms with Crippen LogP contribution in [0.15, 0.2) is 6.07 Å². The summed E-state index contributed by atoms with van der Waals surface area (Å²) in [6, 6.07) is 1.77. The molecule has 6 nitrogen and oxygen atoms in total. The van der Waals surface area contributed by atoms with Crippen LogP contribution in [0.5, 0.6) is 0 Å². The highest BCUT2D eigenvalue weighted by Crippen LogP contribution is 2.23. The highest BCUT2D eigenvalue weighted by Gasteiger charge is 2.22. The number of carbonyl (C=O) groups excluding carboxylic acids is 1. The second-order valence-electron chi connectivity index (χ2n) is 5.63. The number of thiol groups is 1. The molecular weight excluding hydrogens is 274 g/mol. The van der Waals surface area contributed by atoms with Gasteiger partial charge in [-0.05, 0) is 13.0 Å². The Balaban J connectivity index is 2.55. The fraction of sp³-hybridized carbons (Fsp3) is 0.538. The van der Waals surface area contributed by atoms with Crippen molar-refractivity contribution in [2.75, 3.05) is 12.3 Å². The summed E-state index contributed by atoms with van der Waals surface area (Å²) in [4.78, 5) is 20.6. The summed E-state index contributed by atoms with van der Waals surface area (Å²) < 4.78 is 1.70. The third-order valence-corrected chi connectivity index (χ3v) is 3.04. The van der Waals surface area contributed by atoms with Gasteiger partial charge >= 0.3 is 0 Å². The van der Waals surface area contributed by atoms with Crippen molar-refractivity contribution >= 4 is 24.3 Å². The fourth-order valence-corrected chi connectivity index (χ4v) is 1.99. The minimum Gasteiger partial charge on any atom is -0.350 e. The molecule has 7 heteroatoms. The highest BCUT2D eigenvalue weighted by atomic mass is 32.1. The van der Waals surface area contributed by atoms with Crippen molar-refractivity contribution in [1.29, 1.82) is 0 Å². The molecule has 2 aromatic rings. The lowest BCUT2D eigenvalue weighted by molar-refractivity contribution is 0.0951. The van der Waals surface area contributed by atoms with Crippen LogP contribution < -0.4 is 5.32 Å². The molecule has 0 bridgehead atoms. The molecule has 0 saturated carbocycles. The number of hydrogen-bond donors (Lipinski definition) is 2. The fourth-order valence-electron chi connectivity index (χ4n) is 1.88. The number of aromatic nitrogens is 4. The first-order valence-corrected chi connectivity index (χ1v) is 7.10. The first-order chi connectivity index (χ1) is 9.32. The standard InChI is InChI=1S/C13H19N5OS/c1-8-15-12-16-9(11(19)14-5-6-20)7-10(13(2,3)4)18(12)17-8/h7,20H,5-6H2,1-4H3,(H,14,19). The van der Waals surface area contributed by atoms with Crippen molar-refractivity contribution in [1.82, 2.24) is 24.9 Å². The predicted molar refractivity (Wildman–Crippen MR) is 80.4 cm³/mol. The molecule has 2 aromatic heterocycles. The third kappa shape index (κ3) is 2.92. The van der Waals surface area contributed by atoms with Crippen LogP contribution in [0.25, 0.3) is 5.78 Å². The van der Waals surface area contributed by atoms with Crippen LogP contribution in [-0.4, -0.2) is 37.8 Å². The first kappa shape index (κ1) is 14.8. The molecule has 108 valence electrons. The molecule has 0 aliphatic carbocycles. The lowest BCUT2D eigenvalue weighted by Crippen LogP contribution is -2.28. The number of hydrogen-bond acceptors (Lipinski definition) is 5. The van der Waals surface area contributed by atoms with E-state index in [0.29, 0.717) is 29.6 Å². The zero-order chi connectivity index (χ0) is 14.9. The molecule has 0 fully saturated rings. The average Bonchev–Trinajstić information content (AvgIpc) is 2.73. The van der Waals surface area contributed by atoms with Crippen molar-refractivity contribution in [2.45, 2.75) is 33.1 Å². The summed E-state index contributed by atoms with van der Waals surface area (Å²) >= 11 is 4.07. The van der Waals surface area contributed by atoms with E-state index < -0.39 is 0 Å². The minimum absolute atomic E-state index is 0.167. The van der Waals surface area contributed by atoms with Gasteiger partial charge in [0, 0.05) is 17.7 Å². The van der Waals surface area contributed by atoms with Gasteiger partial charge in [0.05, 0.1) is 5.69 Å². The van der Waals surface area contributed by atoms with Crippen LogP contribution in [0.2, 0.25) is 0 Å². The van der Waals surface area contributed by atoms with E-state index in [1.54, 1.807) is 10.6 Å². The smallest absolute Gasteiger partial charge is 0.270 e. The Morgan fingerprint density at radius 2 is 2.10 bits per heavy atom. The minimum atomic E-state index is -0.215. The van der Waals surface area contributed by atoms with E-state index in [0.717, 1.165) is 5.69 Å².